The summed E-state index contributed by atoms with van der Waals surface area (Å²) in [5, 5.41) is 11.2. The Balaban J connectivity index is 2.28. The van der Waals surface area contributed by atoms with E-state index in [1.54, 1.807) is 6.07 Å². The lowest BCUT2D eigenvalue weighted by atomic mass is 10.1. The monoisotopic (exact) mass is 244 g/mol. The fourth-order valence-electron chi connectivity index (χ4n) is 1.86. The lowest BCUT2D eigenvalue weighted by Crippen LogP contribution is -2.32. The van der Waals surface area contributed by atoms with Gasteiger partial charge in [-0.1, -0.05) is 44.2 Å². The minimum atomic E-state index is -0.932. The molecule has 0 saturated carbocycles. The maximum Gasteiger partial charge on any atom is 0.345 e. The van der Waals surface area contributed by atoms with Crippen molar-refractivity contribution in [1.29, 1.82) is 0 Å². The SMILES string of the molecule is CC(C)C(Oc1ccc2ccccc2c1)C(=O)O. The molecular weight excluding hydrogens is 228 g/mol. The summed E-state index contributed by atoms with van der Waals surface area (Å²) in [6, 6.07) is 13.5. The summed E-state index contributed by atoms with van der Waals surface area (Å²) in [6.07, 6.45) is -0.814. The predicted octanol–water partition coefficient (Wildman–Crippen LogP) is 3.33. The molecule has 0 amide bonds. The van der Waals surface area contributed by atoms with Crippen LogP contribution in [0.25, 0.3) is 10.8 Å². The molecule has 2 aromatic rings. The van der Waals surface area contributed by atoms with Crippen LogP contribution in [0.3, 0.4) is 0 Å². The molecule has 94 valence electrons. The topological polar surface area (TPSA) is 46.5 Å². The van der Waals surface area contributed by atoms with Crippen LogP contribution in [-0.2, 0) is 4.79 Å². The zero-order chi connectivity index (χ0) is 13.1. The minimum Gasteiger partial charge on any atom is -0.478 e. The van der Waals surface area contributed by atoms with Gasteiger partial charge in [0.05, 0.1) is 0 Å². The Kier molecular flexibility index (Phi) is 3.51. The predicted molar refractivity (Wildman–Crippen MR) is 70.8 cm³/mol. The highest BCUT2D eigenvalue weighted by atomic mass is 16.5. The summed E-state index contributed by atoms with van der Waals surface area (Å²) in [5.41, 5.74) is 0. The molecule has 1 unspecified atom stereocenters. The van der Waals surface area contributed by atoms with Crippen LogP contribution in [0.2, 0.25) is 0 Å². The molecule has 0 aliphatic rings. The van der Waals surface area contributed by atoms with Crippen LogP contribution in [0.1, 0.15) is 13.8 Å². The first-order valence-corrected chi connectivity index (χ1v) is 5.96. The zero-order valence-corrected chi connectivity index (χ0v) is 10.5. The van der Waals surface area contributed by atoms with Gasteiger partial charge in [0.2, 0.25) is 0 Å². The number of ether oxygens (including phenoxy) is 1. The molecule has 0 heterocycles. The zero-order valence-electron chi connectivity index (χ0n) is 10.5. The Bertz CT molecular complexity index is 560. The third-order valence-electron chi connectivity index (χ3n) is 2.83. The number of carbonyl (C=O) groups is 1. The van der Waals surface area contributed by atoms with Gasteiger partial charge in [0.15, 0.2) is 6.10 Å². The molecule has 1 N–H and O–H groups in total. The molecule has 0 fully saturated rings. The number of fused-ring (bicyclic) bond motifs is 1. The molecule has 3 nitrogen and oxygen atoms in total. The number of carboxylic acid groups (broad SMARTS) is 1. The van der Waals surface area contributed by atoms with E-state index in [1.165, 1.54) is 0 Å². The Morgan fingerprint density at radius 1 is 1.11 bits per heavy atom. The van der Waals surface area contributed by atoms with E-state index in [-0.39, 0.29) is 5.92 Å². The van der Waals surface area contributed by atoms with E-state index in [9.17, 15) is 4.79 Å². The lowest BCUT2D eigenvalue weighted by molar-refractivity contribution is -0.147. The molecule has 0 radical (unpaired) electrons. The number of hydrogen-bond acceptors (Lipinski definition) is 2. The van der Waals surface area contributed by atoms with Gasteiger partial charge >= 0.3 is 5.97 Å². The van der Waals surface area contributed by atoms with Crippen molar-refractivity contribution in [3.8, 4) is 5.75 Å². The van der Waals surface area contributed by atoms with Crippen LogP contribution in [0.15, 0.2) is 42.5 Å². The minimum absolute atomic E-state index is 0.0750. The Hall–Kier alpha value is -2.03. The van der Waals surface area contributed by atoms with E-state index in [0.29, 0.717) is 5.75 Å². The van der Waals surface area contributed by atoms with E-state index < -0.39 is 12.1 Å². The van der Waals surface area contributed by atoms with Crippen molar-refractivity contribution in [3.05, 3.63) is 42.5 Å². The van der Waals surface area contributed by atoms with Crippen molar-refractivity contribution in [2.75, 3.05) is 0 Å². The van der Waals surface area contributed by atoms with Gasteiger partial charge in [-0.3, -0.25) is 0 Å². The van der Waals surface area contributed by atoms with Gasteiger partial charge in [0.25, 0.3) is 0 Å². The highest BCUT2D eigenvalue weighted by Crippen LogP contribution is 2.22. The fourth-order valence-corrected chi connectivity index (χ4v) is 1.86. The Labute approximate surface area is 106 Å². The first-order valence-electron chi connectivity index (χ1n) is 5.96. The Morgan fingerprint density at radius 2 is 1.78 bits per heavy atom. The summed E-state index contributed by atoms with van der Waals surface area (Å²) in [5.74, 6) is -0.415. The van der Waals surface area contributed by atoms with Gasteiger partial charge in [-0.2, -0.15) is 0 Å². The van der Waals surface area contributed by atoms with Crippen molar-refractivity contribution in [1.82, 2.24) is 0 Å². The van der Waals surface area contributed by atoms with E-state index in [0.717, 1.165) is 10.8 Å². The third-order valence-corrected chi connectivity index (χ3v) is 2.83. The summed E-state index contributed by atoms with van der Waals surface area (Å²) < 4.78 is 5.55. The van der Waals surface area contributed by atoms with Gasteiger partial charge < -0.3 is 9.84 Å². The van der Waals surface area contributed by atoms with Gasteiger partial charge in [0.1, 0.15) is 5.75 Å². The number of hydrogen-bond donors (Lipinski definition) is 1. The van der Waals surface area contributed by atoms with E-state index in [1.807, 2.05) is 50.2 Å². The largest absolute Gasteiger partial charge is 0.478 e. The highest BCUT2D eigenvalue weighted by molar-refractivity contribution is 5.84. The molecule has 3 heteroatoms. The smallest absolute Gasteiger partial charge is 0.345 e. The number of benzene rings is 2. The first-order chi connectivity index (χ1) is 8.58. The van der Waals surface area contributed by atoms with Crippen LogP contribution in [0.5, 0.6) is 5.75 Å². The summed E-state index contributed by atoms with van der Waals surface area (Å²) >= 11 is 0. The van der Waals surface area contributed by atoms with Crippen LogP contribution in [-0.4, -0.2) is 17.2 Å². The molecule has 0 spiro atoms. The average molecular weight is 244 g/mol. The quantitative estimate of drug-likeness (QED) is 0.897. The molecule has 0 aliphatic heterocycles. The number of aliphatic carboxylic acids is 1. The number of carboxylic acids is 1. The molecule has 18 heavy (non-hydrogen) atoms. The van der Waals surface area contributed by atoms with Crippen molar-refractivity contribution < 1.29 is 14.6 Å². The Morgan fingerprint density at radius 3 is 2.39 bits per heavy atom. The van der Waals surface area contributed by atoms with Gasteiger partial charge in [-0.25, -0.2) is 4.79 Å². The second-order valence-electron chi connectivity index (χ2n) is 4.63. The van der Waals surface area contributed by atoms with E-state index >= 15 is 0 Å². The second-order valence-corrected chi connectivity index (χ2v) is 4.63. The summed E-state index contributed by atoms with van der Waals surface area (Å²) in [6.45, 7) is 3.67. The molecule has 2 aromatic carbocycles. The molecular formula is C15H16O3. The highest BCUT2D eigenvalue weighted by Gasteiger charge is 2.23. The average Bonchev–Trinajstić information content (AvgIpc) is 2.35. The van der Waals surface area contributed by atoms with E-state index in [2.05, 4.69) is 0 Å². The van der Waals surface area contributed by atoms with Crippen molar-refractivity contribution in [2.45, 2.75) is 20.0 Å². The fraction of sp³-hybridized carbons (Fsp3) is 0.267. The molecule has 0 aliphatic carbocycles. The maximum atomic E-state index is 11.1. The maximum absolute atomic E-state index is 11.1. The molecule has 2 rings (SSSR count). The molecule has 0 saturated heterocycles. The standard InChI is InChI=1S/C15H16O3/c1-10(2)14(15(16)17)18-13-8-7-11-5-3-4-6-12(11)9-13/h3-10,14H,1-2H3,(H,16,17). The van der Waals surface area contributed by atoms with Crippen LogP contribution >= 0.6 is 0 Å². The van der Waals surface area contributed by atoms with Crippen molar-refractivity contribution in [2.24, 2.45) is 5.92 Å². The van der Waals surface area contributed by atoms with Gasteiger partial charge in [0, 0.05) is 5.92 Å². The second kappa shape index (κ2) is 5.08. The summed E-state index contributed by atoms with van der Waals surface area (Å²) in [4.78, 5) is 11.1. The molecule has 1 atom stereocenters. The van der Waals surface area contributed by atoms with Crippen molar-refractivity contribution >= 4 is 16.7 Å². The number of rotatable bonds is 4. The van der Waals surface area contributed by atoms with Crippen LogP contribution in [0, 0.1) is 5.92 Å². The lowest BCUT2D eigenvalue weighted by Gasteiger charge is -2.18. The van der Waals surface area contributed by atoms with Crippen LogP contribution in [0.4, 0.5) is 0 Å². The first kappa shape index (κ1) is 12.4. The van der Waals surface area contributed by atoms with Gasteiger partial charge in [-0.05, 0) is 22.9 Å². The summed E-state index contributed by atoms with van der Waals surface area (Å²) in [7, 11) is 0. The van der Waals surface area contributed by atoms with E-state index in [4.69, 9.17) is 9.84 Å². The molecule has 0 bridgehead atoms. The normalized spacial score (nSPS) is 12.6. The van der Waals surface area contributed by atoms with Crippen molar-refractivity contribution in [3.63, 3.8) is 0 Å². The van der Waals surface area contributed by atoms with Gasteiger partial charge in [-0.15, -0.1) is 0 Å². The third kappa shape index (κ3) is 2.62. The van der Waals surface area contributed by atoms with Crippen LogP contribution < -0.4 is 4.74 Å². The molecule has 0 aromatic heterocycles.